The van der Waals surface area contributed by atoms with Crippen LogP contribution in [0.1, 0.15) is 25.7 Å². The lowest BCUT2D eigenvalue weighted by Crippen LogP contribution is -2.24. The summed E-state index contributed by atoms with van der Waals surface area (Å²) in [6.07, 6.45) is 8.32. The predicted octanol–water partition coefficient (Wildman–Crippen LogP) is 5.79. The van der Waals surface area contributed by atoms with Crippen LogP contribution in [0.3, 0.4) is 0 Å². The van der Waals surface area contributed by atoms with E-state index in [-0.39, 0.29) is 0 Å². The van der Waals surface area contributed by atoms with E-state index in [2.05, 4.69) is 45.8 Å². The van der Waals surface area contributed by atoms with Gasteiger partial charge in [0, 0.05) is 47.3 Å². The molecule has 0 radical (unpaired) electrons. The molecule has 164 valence electrons. The van der Waals surface area contributed by atoms with Gasteiger partial charge in [-0.3, -0.25) is 9.98 Å². The number of benzene rings is 2. The third kappa shape index (κ3) is 4.22. The summed E-state index contributed by atoms with van der Waals surface area (Å²) in [4.78, 5) is 10.2. The summed E-state index contributed by atoms with van der Waals surface area (Å²) in [7, 11) is 4.08. The number of aromatic nitrogens is 2. The highest BCUT2D eigenvalue weighted by Gasteiger charge is 2.20. The molecule has 2 aromatic heterocycles. The van der Waals surface area contributed by atoms with Gasteiger partial charge in [-0.15, -0.1) is 0 Å². The highest BCUT2D eigenvalue weighted by molar-refractivity contribution is 6.31. The largest absolute Gasteiger partial charge is 0.350 e. The van der Waals surface area contributed by atoms with Crippen molar-refractivity contribution in [2.75, 3.05) is 0 Å². The van der Waals surface area contributed by atoms with E-state index in [4.69, 9.17) is 33.2 Å². The van der Waals surface area contributed by atoms with Crippen molar-refractivity contribution in [3.05, 3.63) is 81.7 Å². The molecule has 1 aliphatic rings. The Morgan fingerprint density at radius 3 is 1.47 bits per heavy atom. The van der Waals surface area contributed by atoms with Crippen LogP contribution in [0.25, 0.3) is 21.8 Å². The van der Waals surface area contributed by atoms with Gasteiger partial charge in [-0.2, -0.15) is 0 Å². The monoisotopic (exact) mass is 464 g/mol. The maximum Gasteiger partial charge on any atom is 0.0685 e. The summed E-state index contributed by atoms with van der Waals surface area (Å²) in [5.74, 6) is 0. The first-order valence-electron chi connectivity index (χ1n) is 11.1. The molecule has 0 bridgehead atoms. The van der Waals surface area contributed by atoms with Gasteiger partial charge in [-0.05, 0) is 74.2 Å². The molecule has 4 aromatic rings. The van der Waals surface area contributed by atoms with Crippen LogP contribution in [-0.4, -0.2) is 21.2 Å². The fourth-order valence-electron chi connectivity index (χ4n) is 4.67. The Morgan fingerprint density at radius 2 is 1.06 bits per heavy atom. The number of rotatable bonds is 2. The smallest absolute Gasteiger partial charge is 0.0685 e. The van der Waals surface area contributed by atoms with E-state index in [1.54, 1.807) is 0 Å². The second kappa shape index (κ2) is 8.76. The van der Waals surface area contributed by atoms with Crippen molar-refractivity contribution in [3.63, 3.8) is 0 Å². The van der Waals surface area contributed by atoms with E-state index in [9.17, 15) is 0 Å². The molecule has 0 amide bonds. The van der Waals surface area contributed by atoms with E-state index >= 15 is 0 Å². The van der Waals surface area contributed by atoms with Crippen molar-refractivity contribution in [2.45, 2.75) is 37.8 Å². The van der Waals surface area contributed by atoms with Gasteiger partial charge in [0.15, 0.2) is 0 Å². The topological polar surface area (TPSA) is 34.6 Å². The van der Waals surface area contributed by atoms with Crippen molar-refractivity contribution in [1.82, 2.24) is 9.13 Å². The van der Waals surface area contributed by atoms with Gasteiger partial charge >= 0.3 is 0 Å². The van der Waals surface area contributed by atoms with Crippen molar-refractivity contribution >= 4 is 45.0 Å². The maximum absolute atomic E-state index is 6.21. The van der Waals surface area contributed by atoms with E-state index in [0.29, 0.717) is 12.1 Å². The van der Waals surface area contributed by atoms with Crippen LogP contribution in [0.15, 0.2) is 70.9 Å². The summed E-state index contributed by atoms with van der Waals surface area (Å²) < 4.78 is 4.18. The third-order valence-corrected chi connectivity index (χ3v) is 6.92. The molecule has 1 fully saturated rings. The number of fused-ring (bicyclic) bond motifs is 2. The van der Waals surface area contributed by atoms with Crippen LogP contribution in [0, 0.1) is 0 Å². The normalized spacial score (nSPS) is 20.4. The molecule has 0 spiro atoms. The maximum atomic E-state index is 6.21. The zero-order chi connectivity index (χ0) is 22.2. The van der Waals surface area contributed by atoms with E-state index in [1.807, 2.05) is 38.4 Å². The Bertz CT molecular complexity index is 1330. The Labute approximate surface area is 197 Å². The summed E-state index contributed by atoms with van der Waals surface area (Å²) >= 11 is 12.4. The van der Waals surface area contributed by atoms with E-state index in [0.717, 1.165) is 68.2 Å². The summed E-state index contributed by atoms with van der Waals surface area (Å²) in [6.45, 7) is 0. The van der Waals surface area contributed by atoms with Crippen molar-refractivity contribution in [2.24, 2.45) is 24.1 Å². The minimum Gasteiger partial charge on any atom is -0.350 e. The molecule has 6 heteroatoms. The second-order valence-electron chi connectivity index (χ2n) is 8.67. The van der Waals surface area contributed by atoms with Crippen LogP contribution in [0.2, 0.25) is 10.0 Å². The summed E-state index contributed by atoms with van der Waals surface area (Å²) in [5, 5.41) is 5.89. The van der Waals surface area contributed by atoms with Gasteiger partial charge in [-0.25, -0.2) is 0 Å². The lowest BCUT2D eigenvalue weighted by molar-refractivity contribution is 0.389. The first-order valence-corrected chi connectivity index (χ1v) is 11.8. The Morgan fingerprint density at radius 1 is 0.656 bits per heavy atom. The average Bonchev–Trinajstić information content (AvgIpc) is 2.79. The van der Waals surface area contributed by atoms with Crippen molar-refractivity contribution < 1.29 is 0 Å². The quantitative estimate of drug-likeness (QED) is 0.359. The molecule has 0 atom stereocenters. The number of nitrogens with zero attached hydrogens (tertiary/aromatic N) is 4. The predicted molar refractivity (Wildman–Crippen MR) is 133 cm³/mol. The van der Waals surface area contributed by atoms with Gasteiger partial charge in [0.2, 0.25) is 0 Å². The molecule has 0 N–H and O–H groups in total. The molecular weight excluding hydrogens is 439 g/mol. The molecule has 0 saturated heterocycles. The Balaban J connectivity index is 1.40. The van der Waals surface area contributed by atoms with Crippen LogP contribution >= 0.6 is 23.2 Å². The number of hydrogen-bond acceptors (Lipinski definition) is 2. The zero-order valence-corrected chi connectivity index (χ0v) is 19.8. The molecule has 0 unspecified atom stereocenters. The van der Waals surface area contributed by atoms with Gasteiger partial charge in [0.25, 0.3) is 0 Å². The number of aryl methyl sites for hydroxylation is 2. The molecule has 5 rings (SSSR count). The highest BCUT2D eigenvalue weighted by Crippen LogP contribution is 2.24. The van der Waals surface area contributed by atoms with Gasteiger partial charge < -0.3 is 9.13 Å². The zero-order valence-electron chi connectivity index (χ0n) is 18.3. The standard InChI is InChI=1S/C26H26Cl2N4/c1-31-13-11-23(21-9-3-17(27)15-25(21)31)29-19-5-7-20(8-6-19)30-24-12-14-32(2)26-16-18(28)4-10-22(24)26/h3-4,9-16,19-20H,5-8H2,1-2H3/b29-23+,30-24+. The van der Waals surface area contributed by atoms with Crippen molar-refractivity contribution in [1.29, 1.82) is 0 Å². The molecule has 2 heterocycles. The fourth-order valence-corrected chi connectivity index (χ4v) is 5.00. The minimum absolute atomic E-state index is 0.331. The molecule has 1 aliphatic carbocycles. The molecule has 1 saturated carbocycles. The first-order chi connectivity index (χ1) is 15.5. The van der Waals surface area contributed by atoms with Crippen LogP contribution in [-0.2, 0) is 14.1 Å². The van der Waals surface area contributed by atoms with Crippen molar-refractivity contribution in [3.8, 4) is 0 Å². The molecule has 2 aromatic carbocycles. The highest BCUT2D eigenvalue weighted by atomic mass is 35.5. The molecule has 0 aliphatic heterocycles. The van der Waals surface area contributed by atoms with E-state index < -0.39 is 0 Å². The van der Waals surface area contributed by atoms with Gasteiger partial charge in [-0.1, -0.05) is 23.2 Å². The lowest BCUT2D eigenvalue weighted by atomic mass is 9.92. The average molecular weight is 465 g/mol. The summed E-state index contributed by atoms with van der Waals surface area (Å²) in [6, 6.07) is 16.9. The SMILES string of the molecule is Cn1cc/c(=N\C2CCC(/N=c3\ccn(C)c4cc(Cl)ccc34)CC2)c2ccc(Cl)cc21. The van der Waals surface area contributed by atoms with Crippen LogP contribution in [0.5, 0.6) is 0 Å². The summed E-state index contributed by atoms with van der Waals surface area (Å²) in [5.41, 5.74) is 2.21. The fraction of sp³-hybridized carbons (Fsp3) is 0.308. The minimum atomic E-state index is 0.331. The Hall–Kier alpha value is -2.56. The van der Waals surface area contributed by atoms with Crippen LogP contribution < -0.4 is 10.7 Å². The number of pyridine rings is 2. The van der Waals surface area contributed by atoms with Crippen LogP contribution in [0.4, 0.5) is 0 Å². The lowest BCUT2D eigenvalue weighted by Gasteiger charge is -2.23. The second-order valence-corrected chi connectivity index (χ2v) is 9.54. The number of hydrogen-bond donors (Lipinski definition) is 0. The first kappa shape index (κ1) is 21.3. The number of halogens is 2. The molecular formula is C26H26Cl2N4. The Kier molecular flexibility index (Phi) is 5.83. The van der Waals surface area contributed by atoms with Gasteiger partial charge in [0.05, 0.1) is 33.8 Å². The third-order valence-electron chi connectivity index (χ3n) is 6.45. The molecule has 32 heavy (non-hydrogen) atoms. The molecule has 4 nitrogen and oxygen atoms in total. The van der Waals surface area contributed by atoms with E-state index in [1.165, 1.54) is 0 Å². The van der Waals surface area contributed by atoms with Gasteiger partial charge in [0.1, 0.15) is 0 Å².